The minimum Gasteiger partial charge on any atom is -0.456 e. The van der Waals surface area contributed by atoms with E-state index in [1.165, 1.54) is 0 Å². The number of hydrogen-bond acceptors (Lipinski definition) is 5. The van der Waals surface area contributed by atoms with Gasteiger partial charge in [-0.3, -0.25) is 0 Å². The van der Waals surface area contributed by atoms with Gasteiger partial charge in [-0.25, -0.2) is 9.97 Å². The van der Waals surface area contributed by atoms with E-state index < -0.39 is 0 Å². The summed E-state index contributed by atoms with van der Waals surface area (Å²) in [6, 6.07) is 60.3. The number of nitrogens with zero attached hydrogens (tertiary/aromatic N) is 3. The molecule has 0 saturated carbocycles. The van der Waals surface area contributed by atoms with Crippen LogP contribution in [-0.2, 0) is 0 Å². The van der Waals surface area contributed by atoms with Gasteiger partial charge in [0.15, 0.2) is 11.4 Å². The molecule has 5 heteroatoms. The molecule has 0 spiro atoms. The van der Waals surface area contributed by atoms with E-state index in [1.807, 2.05) is 48.5 Å². The van der Waals surface area contributed by atoms with Crippen LogP contribution in [0.2, 0.25) is 0 Å². The Balaban J connectivity index is 1.19. The number of benzene rings is 7. The van der Waals surface area contributed by atoms with Gasteiger partial charge in [0, 0.05) is 44.3 Å². The number of hydrogen-bond donors (Lipinski definition) is 0. The smallest absolute Gasteiger partial charge is 0.180 e. The number of fused-ring (bicyclic) bond motifs is 6. The summed E-state index contributed by atoms with van der Waals surface area (Å²) in [5, 5.41) is 2.91. The van der Waals surface area contributed by atoms with E-state index in [2.05, 4.69) is 132 Å². The van der Waals surface area contributed by atoms with Gasteiger partial charge in [0.2, 0.25) is 0 Å². The van der Waals surface area contributed by atoms with Crippen molar-refractivity contribution < 1.29 is 8.83 Å². The molecule has 240 valence electrons. The molecule has 0 bridgehead atoms. The molecule has 7 aromatic carbocycles. The van der Waals surface area contributed by atoms with Crippen LogP contribution in [0.25, 0.3) is 77.8 Å². The maximum Gasteiger partial charge on any atom is 0.180 e. The molecule has 0 aliphatic heterocycles. The lowest BCUT2D eigenvalue weighted by Gasteiger charge is -2.25. The Morgan fingerprint density at radius 1 is 0.412 bits per heavy atom. The Labute approximate surface area is 293 Å². The highest BCUT2D eigenvalue weighted by atomic mass is 16.3. The SMILES string of the molecule is c1ccc(-c2ccc(-c3nc(-c4cccc5oc6ccc(N(c7ccccc7)c7ccccc7)cc6c45)nc4c3oc3ccccc34)cc2)cc1. The molecule has 0 aliphatic carbocycles. The molecule has 3 heterocycles. The summed E-state index contributed by atoms with van der Waals surface area (Å²) in [6.07, 6.45) is 0. The summed E-state index contributed by atoms with van der Waals surface area (Å²) in [6.45, 7) is 0. The predicted molar refractivity (Wildman–Crippen MR) is 208 cm³/mol. The second-order valence-electron chi connectivity index (χ2n) is 12.6. The molecule has 10 rings (SSSR count). The number of anilines is 3. The highest BCUT2D eigenvalue weighted by Gasteiger charge is 2.22. The molecule has 0 saturated heterocycles. The maximum absolute atomic E-state index is 6.48. The molecule has 0 unspecified atom stereocenters. The van der Waals surface area contributed by atoms with Crippen molar-refractivity contribution in [1.82, 2.24) is 9.97 Å². The second-order valence-corrected chi connectivity index (χ2v) is 12.6. The van der Waals surface area contributed by atoms with E-state index in [1.54, 1.807) is 0 Å². The highest BCUT2D eigenvalue weighted by molar-refractivity contribution is 6.14. The van der Waals surface area contributed by atoms with Crippen molar-refractivity contribution in [3.8, 4) is 33.8 Å². The summed E-state index contributed by atoms with van der Waals surface area (Å²) in [5.74, 6) is 0.609. The Bertz CT molecular complexity index is 2800. The standard InChI is InChI=1S/C46H29N3O2/c1-4-13-30(14-5-1)31-23-25-32(26-24-31)43-45-44(36-19-10-11-21-39(36)51-45)48-46(47-43)37-20-12-22-41-42(37)38-29-35(27-28-40(38)50-41)49(33-15-6-2-7-16-33)34-17-8-3-9-18-34/h1-29H. The molecule has 0 atom stereocenters. The van der Waals surface area contributed by atoms with Crippen LogP contribution in [0, 0.1) is 0 Å². The average molecular weight is 656 g/mol. The molecule has 0 N–H and O–H groups in total. The Hall–Kier alpha value is -6.98. The third-order valence-electron chi connectivity index (χ3n) is 9.49. The summed E-state index contributed by atoms with van der Waals surface area (Å²) < 4.78 is 12.9. The van der Waals surface area contributed by atoms with Crippen molar-refractivity contribution in [1.29, 1.82) is 0 Å². The number of para-hydroxylation sites is 3. The van der Waals surface area contributed by atoms with Gasteiger partial charge in [-0.15, -0.1) is 0 Å². The second kappa shape index (κ2) is 11.9. The fraction of sp³-hybridized carbons (Fsp3) is 0. The highest BCUT2D eigenvalue weighted by Crippen LogP contribution is 2.42. The number of furan rings is 2. The largest absolute Gasteiger partial charge is 0.456 e. The van der Waals surface area contributed by atoms with Crippen molar-refractivity contribution in [3.05, 3.63) is 176 Å². The van der Waals surface area contributed by atoms with Gasteiger partial charge in [0.25, 0.3) is 0 Å². The summed E-state index contributed by atoms with van der Waals surface area (Å²) >= 11 is 0. The topological polar surface area (TPSA) is 55.3 Å². The fourth-order valence-corrected chi connectivity index (χ4v) is 7.10. The monoisotopic (exact) mass is 655 g/mol. The van der Waals surface area contributed by atoms with Crippen molar-refractivity contribution in [2.24, 2.45) is 0 Å². The predicted octanol–water partition coefficient (Wildman–Crippen LogP) is 12.7. The van der Waals surface area contributed by atoms with Crippen LogP contribution in [0.5, 0.6) is 0 Å². The van der Waals surface area contributed by atoms with Gasteiger partial charge in [0.05, 0.1) is 0 Å². The molecule has 0 radical (unpaired) electrons. The minimum absolute atomic E-state index is 0.609. The van der Waals surface area contributed by atoms with E-state index in [9.17, 15) is 0 Å². The lowest BCUT2D eigenvalue weighted by atomic mass is 10.0. The molecule has 0 amide bonds. The zero-order valence-corrected chi connectivity index (χ0v) is 27.4. The van der Waals surface area contributed by atoms with Gasteiger partial charge in [-0.05, 0) is 71.8 Å². The zero-order chi connectivity index (χ0) is 33.7. The summed E-state index contributed by atoms with van der Waals surface area (Å²) in [5.41, 5.74) is 11.9. The number of aromatic nitrogens is 2. The summed E-state index contributed by atoms with van der Waals surface area (Å²) in [4.78, 5) is 12.8. The Kier molecular flexibility index (Phi) is 6.74. The van der Waals surface area contributed by atoms with Crippen LogP contribution in [0.15, 0.2) is 185 Å². The van der Waals surface area contributed by atoms with Crippen molar-refractivity contribution in [3.63, 3.8) is 0 Å². The van der Waals surface area contributed by atoms with Crippen LogP contribution in [0.3, 0.4) is 0 Å². The first kappa shape index (κ1) is 29.0. The van der Waals surface area contributed by atoms with Crippen LogP contribution in [0.1, 0.15) is 0 Å². The average Bonchev–Trinajstić information content (AvgIpc) is 3.77. The van der Waals surface area contributed by atoms with Gasteiger partial charge in [-0.1, -0.05) is 115 Å². The molecule has 0 fully saturated rings. The normalized spacial score (nSPS) is 11.5. The van der Waals surface area contributed by atoms with Crippen LogP contribution >= 0.6 is 0 Å². The van der Waals surface area contributed by atoms with Gasteiger partial charge in [-0.2, -0.15) is 0 Å². The first-order valence-electron chi connectivity index (χ1n) is 17.0. The Morgan fingerprint density at radius 3 is 1.76 bits per heavy atom. The Morgan fingerprint density at radius 2 is 1.02 bits per heavy atom. The lowest BCUT2D eigenvalue weighted by molar-refractivity contribution is 0.667. The van der Waals surface area contributed by atoms with Crippen molar-refractivity contribution in [2.45, 2.75) is 0 Å². The van der Waals surface area contributed by atoms with Gasteiger partial charge < -0.3 is 13.7 Å². The van der Waals surface area contributed by atoms with Crippen molar-refractivity contribution >= 4 is 61.1 Å². The van der Waals surface area contributed by atoms with E-state index in [0.29, 0.717) is 11.4 Å². The molecule has 3 aromatic heterocycles. The first-order chi connectivity index (χ1) is 25.3. The third-order valence-corrected chi connectivity index (χ3v) is 9.49. The van der Waals surface area contributed by atoms with Gasteiger partial charge >= 0.3 is 0 Å². The van der Waals surface area contributed by atoms with Crippen molar-refractivity contribution in [2.75, 3.05) is 4.90 Å². The summed E-state index contributed by atoms with van der Waals surface area (Å²) in [7, 11) is 0. The zero-order valence-electron chi connectivity index (χ0n) is 27.4. The van der Waals surface area contributed by atoms with Crippen LogP contribution < -0.4 is 4.90 Å². The van der Waals surface area contributed by atoms with E-state index in [0.717, 1.165) is 83.4 Å². The molecule has 10 aromatic rings. The fourth-order valence-electron chi connectivity index (χ4n) is 7.10. The molecular weight excluding hydrogens is 627 g/mol. The molecular formula is C46H29N3O2. The number of rotatable bonds is 6. The van der Waals surface area contributed by atoms with E-state index in [4.69, 9.17) is 18.8 Å². The molecule has 5 nitrogen and oxygen atoms in total. The third kappa shape index (κ3) is 4.94. The molecule has 51 heavy (non-hydrogen) atoms. The van der Waals surface area contributed by atoms with E-state index >= 15 is 0 Å². The quantitative estimate of drug-likeness (QED) is 0.178. The lowest BCUT2D eigenvalue weighted by Crippen LogP contribution is -2.09. The first-order valence-corrected chi connectivity index (χ1v) is 17.0. The maximum atomic E-state index is 6.48. The van der Waals surface area contributed by atoms with E-state index in [-0.39, 0.29) is 0 Å². The van der Waals surface area contributed by atoms with Crippen LogP contribution in [-0.4, -0.2) is 9.97 Å². The van der Waals surface area contributed by atoms with Gasteiger partial charge in [0.1, 0.15) is 28.0 Å². The molecule has 0 aliphatic rings. The minimum atomic E-state index is 0.609. The van der Waals surface area contributed by atoms with Crippen LogP contribution in [0.4, 0.5) is 17.1 Å².